The van der Waals surface area contributed by atoms with E-state index in [0.717, 1.165) is 17.4 Å². The number of aryl methyl sites for hydroxylation is 1. The van der Waals surface area contributed by atoms with Crippen LogP contribution in [0, 0.1) is 0 Å². The summed E-state index contributed by atoms with van der Waals surface area (Å²) >= 11 is 0. The van der Waals surface area contributed by atoms with Crippen LogP contribution >= 0.6 is 0 Å². The summed E-state index contributed by atoms with van der Waals surface area (Å²) in [4.78, 5) is -0.146. The van der Waals surface area contributed by atoms with Crippen LogP contribution in [0.25, 0.3) is 10.8 Å². The van der Waals surface area contributed by atoms with Crippen LogP contribution < -0.4 is 0 Å². The lowest BCUT2D eigenvalue weighted by atomic mass is 10.1. The summed E-state index contributed by atoms with van der Waals surface area (Å²) in [5.41, 5.74) is 1.12. The highest BCUT2D eigenvalue weighted by molar-refractivity contribution is 7.85. The lowest BCUT2D eigenvalue weighted by molar-refractivity contribution is 0.415. The Morgan fingerprint density at radius 2 is 1.88 bits per heavy atom. The Morgan fingerprint density at radius 3 is 2.50 bits per heavy atom. The van der Waals surface area contributed by atoms with Gasteiger partial charge in [-0.3, -0.25) is 0 Å². The van der Waals surface area contributed by atoms with Gasteiger partial charge >= 0.3 is 10.1 Å². The molecule has 0 heterocycles. The number of hydrogen-bond donors (Lipinski definition) is 0. The normalized spacial score (nSPS) is 11.9. The highest BCUT2D eigenvalue weighted by Gasteiger charge is 2.14. The van der Waals surface area contributed by atoms with Crippen molar-refractivity contribution in [2.24, 2.45) is 0 Å². The van der Waals surface area contributed by atoms with Crippen LogP contribution in [-0.4, -0.2) is 8.42 Å². The van der Waals surface area contributed by atoms with Crippen LogP contribution in [0.5, 0.6) is 0 Å². The van der Waals surface area contributed by atoms with Gasteiger partial charge in [-0.2, -0.15) is 8.42 Å². The fourth-order valence-corrected chi connectivity index (χ4v) is 2.44. The maximum Gasteiger partial charge on any atom is 0.324 e. The van der Waals surface area contributed by atoms with Gasteiger partial charge in [0.25, 0.3) is 0 Å². The van der Waals surface area contributed by atoms with Gasteiger partial charge in [0.2, 0.25) is 0 Å². The smallest absolute Gasteiger partial charge is 0.192 e. The Labute approximate surface area is 94.5 Å². The maximum atomic E-state index is 11.0. The molecule has 2 aromatic rings. The van der Waals surface area contributed by atoms with E-state index in [-0.39, 0.29) is 4.90 Å². The number of fused-ring (bicyclic) bond motifs is 1. The minimum atomic E-state index is -4.40. The van der Waals surface area contributed by atoms with Gasteiger partial charge in [-0.1, -0.05) is 41.8 Å². The predicted octanol–water partition coefficient (Wildman–Crippen LogP) is 2.52. The summed E-state index contributed by atoms with van der Waals surface area (Å²) in [7, 11) is -4.40. The Bertz CT molecular complexity index is 630. The first kappa shape index (κ1) is 11.1. The van der Waals surface area contributed by atoms with Crippen molar-refractivity contribution in [3.63, 3.8) is 0 Å². The van der Waals surface area contributed by atoms with Gasteiger partial charge in [-0.15, -0.1) is 0 Å². The number of benzene rings is 2. The van der Waals surface area contributed by atoms with E-state index in [1.807, 2.05) is 25.1 Å². The summed E-state index contributed by atoms with van der Waals surface area (Å²) in [6.45, 7) is 2.02. The summed E-state index contributed by atoms with van der Waals surface area (Å²) in [6.07, 6.45) is 0.879. The molecule has 3 nitrogen and oxygen atoms in total. The predicted molar refractivity (Wildman–Crippen MR) is 61.2 cm³/mol. The molecule has 0 atom stereocenters. The molecule has 83 valence electrons. The largest absolute Gasteiger partial charge is 0.324 e. The van der Waals surface area contributed by atoms with Gasteiger partial charge in [-0.25, -0.2) is 0 Å². The van der Waals surface area contributed by atoms with Gasteiger partial charge in [-0.05, 0) is 23.4 Å². The first-order valence-corrected chi connectivity index (χ1v) is 6.41. The van der Waals surface area contributed by atoms with Gasteiger partial charge < -0.3 is 0 Å². The zero-order valence-corrected chi connectivity index (χ0v) is 9.62. The molecular weight excluding hydrogens is 224 g/mol. The van der Waals surface area contributed by atoms with Crippen LogP contribution in [0.2, 0.25) is 0 Å². The van der Waals surface area contributed by atoms with Crippen molar-refractivity contribution in [1.82, 2.24) is 0 Å². The van der Waals surface area contributed by atoms with Crippen LogP contribution in [0.3, 0.4) is 0 Å². The molecule has 0 aliphatic heterocycles. The van der Waals surface area contributed by atoms with Gasteiger partial charge in [0, 0.05) is 5.39 Å². The molecule has 0 bridgehead atoms. The molecule has 2 rings (SSSR count). The van der Waals surface area contributed by atoms with Crippen molar-refractivity contribution >= 4 is 20.9 Å². The molecule has 4 heteroatoms. The van der Waals surface area contributed by atoms with Crippen LogP contribution in [0.1, 0.15) is 12.5 Å². The highest BCUT2D eigenvalue weighted by atomic mass is 32.2. The molecule has 2 aromatic carbocycles. The van der Waals surface area contributed by atoms with E-state index in [1.54, 1.807) is 12.1 Å². The monoisotopic (exact) mass is 235 g/mol. The Kier molecular flexibility index (Phi) is 2.69. The second-order valence-corrected chi connectivity index (χ2v) is 4.97. The van der Waals surface area contributed by atoms with Crippen LogP contribution in [0.15, 0.2) is 41.3 Å². The van der Waals surface area contributed by atoms with Gasteiger partial charge in [0.1, 0.15) is 4.90 Å². The minimum absolute atomic E-state index is 0.146. The number of hydrogen-bond acceptors (Lipinski definition) is 2. The molecule has 0 unspecified atom stereocenters. The fraction of sp³-hybridized carbons (Fsp3) is 0.167. The average molecular weight is 235 g/mol. The molecule has 1 radical (unpaired) electrons. The van der Waals surface area contributed by atoms with E-state index in [4.69, 9.17) is 0 Å². The molecule has 0 aliphatic carbocycles. The van der Waals surface area contributed by atoms with Crippen molar-refractivity contribution in [3.8, 4) is 0 Å². The Balaban J connectivity index is 2.80. The quantitative estimate of drug-likeness (QED) is 0.803. The van der Waals surface area contributed by atoms with Crippen molar-refractivity contribution in [3.05, 3.63) is 42.0 Å². The third kappa shape index (κ3) is 1.94. The fourth-order valence-electron chi connectivity index (χ4n) is 1.74. The lowest BCUT2D eigenvalue weighted by Gasteiger charge is -2.04. The second-order valence-electron chi connectivity index (χ2n) is 3.62. The lowest BCUT2D eigenvalue weighted by Crippen LogP contribution is -1.97. The zero-order valence-electron chi connectivity index (χ0n) is 8.80. The summed E-state index contributed by atoms with van der Waals surface area (Å²) in [5, 5.41) is 1.28. The number of rotatable bonds is 2. The van der Waals surface area contributed by atoms with Crippen molar-refractivity contribution in [1.29, 1.82) is 0 Å². The molecule has 0 fully saturated rings. The standard InChI is InChI=1S/C12H11O3S/c1-2-9-6-7-11-10(8-9)4-3-5-12(11)16(13,14)15/h3-8H,2H2,1H3. The van der Waals surface area contributed by atoms with Crippen molar-refractivity contribution in [2.75, 3.05) is 0 Å². The molecular formula is C12H11O3S. The first-order valence-electron chi connectivity index (χ1n) is 5.00. The van der Waals surface area contributed by atoms with Crippen LogP contribution in [0.4, 0.5) is 0 Å². The van der Waals surface area contributed by atoms with E-state index in [2.05, 4.69) is 0 Å². The highest BCUT2D eigenvalue weighted by Crippen LogP contribution is 2.24. The first-order chi connectivity index (χ1) is 7.52. The molecule has 0 spiro atoms. The average Bonchev–Trinajstić information content (AvgIpc) is 2.26. The molecule has 16 heavy (non-hydrogen) atoms. The van der Waals surface area contributed by atoms with E-state index in [0.29, 0.717) is 5.39 Å². The molecule has 0 amide bonds. The summed E-state index contributed by atoms with van der Waals surface area (Å²) in [5.74, 6) is 0. The SMILES string of the molecule is CCc1ccc2c(S([O])(=O)=O)cccc2c1. The maximum absolute atomic E-state index is 11.0. The summed E-state index contributed by atoms with van der Waals surface area (Å²) < 4.78 is 33.1. The second kappa shape index (κ2) is 3.88. The van der Waals surface area contributed by atoms with Crippen molar-refractivity contribution in [2.45, 2.75) is 18.2 Å². The Hall–Kier alpha value is -1.39. The van der Waals surface area contributed by atoms with E-state index >= 15 is 0 Å². The van der Waals surface area contributed by atoms with Crippen molar-refractivity contribution < 1.29 is 13.0 Å². The molecule has 0 aliphatic rings. The third-order valence-electron chi connectivity index (χ3n) is 2.58. The molecule has 0 saturated carbocycles. The van der Waals surface area contributed by atoms with E-state index in [1.165, 1.54) is 6.07 Å². The summed E-state index contributed by atoms with van der Waals surface area (Å²) in [6, 6.07) is 10.2. The van der Waals surface area contributed by atoms with E-state index < -0.39 is 10.1 Å². The zero-order chi connectivity index (χ0) is 11.8. The molecule has 0 aromatic heterocycles. The van der Waals surface area contributed by atoms with Crippen LogP contribution in [-0.2, 0) is 21.1 Å². The third-order valence-corrected chi connectivity index (χ3v) is 3.48. The Morgan fingerprint density at radius 1 is 1.12 bits per heavy atom. The van der Waals surface area contributed by atoms with E-state index in [9.17, 15) is 13.0 Å². The topological polar surface area (TPSA) is 54.0 Å². The minimum Gasteiger partial charge on any atom is -0.192 e. The molecule has 0 N–H and O–H groups in total. The molecule has 0 saturated heterocycles. The van der Waals surface area contributed by atoms with Gasteiger partial charge in [0.05, 0.1) is 0 Å². The van der Waals surface area contributed by atoms with Gasteiger partial charge in [0.15, 0.2) is 0 Å².